The molecule has 0 aliphatic carbocycles. The van der Waals surface area contributed by atoms with Crippen LogP contribution in [0.1, 0.15) is 6.42 Å². The molecule has 0 radical (unpaired) electrons. The first-order valence-electron chi connectivity index (χ1n) is 7.16. The van der Waals surface area contributed by atoms with Crippen LogP contribution in [-0.2, 0) is 9.53 Å². The maximum Gasteiger partial charge on any atom is 0.415 e. The number of esters is 1. The van der Waals surface area contributed by atoms with E-state index in [0.717, 1.165) is 6.42 Å². The summed E-state index contributed by atoms with van der Waals surface area (Å²) in [6.45, 7) is 2.97. The van der Waals surface area contributed by atoms with Crippen molar-refractivity contribution in [3.8, 4) is 5.75 Å². The highest BCUT2D eigenvalue weighted by molar-refractivity contribution is 5.77. The third-order valence-electron chi connectivity index (χ3n) is 3.87. The predicted molar refractivity (Wildman–Crippen MR) is 75.0 cm³/mol. The second-order valence-corrected chi connectivity index (χ2v) is 5.18. The van der Waals surface area contributed by atoms with Gasteiger partial charge in [-0.05, 0) is 12.1 Å². The highest BCUT2D eigenvalue weighted by Crippen LogP contribution is 2.17. The van der Waals surface area contributed by atoms with Crippen LogP contribution < -0.4 is 4.74 Å². The molecule has 1 amide bonds. The van der Waals surface area contributed by atoms with E-state index in [0.29, 0.717) is 38.5 Å². The van der Waals surface area contributed by atoms with Crippen molar-refractivity contribution in [3.05, 3.63) is 30.3 Å². The molecule has 1 aromatic rings. The fraction of sp³-hybridized carbons (Fsp3) is 0.467. The number of benzene rings is 1. The van der Waals surface area contributed by atoms with E-state index >= 15 is 0 Å². The van der Waals surface area contributed by atoms with Crippen molar-refractivity contribution in [1.82, 2.24) is 9.80 Å². The summed E-state index contributed by atoms with van der Waals surface area (Å²) < 4.78 is 10.3. The molecule has 6 heteroatoms. The average molecular weight is 290 g/mol. The summed E-state index contributed by atoms with van der Waals surface area (Å²) >= 11 is 0. The lowest BCUT2D eigenvalue weighted by molar-refractivity contribution is -0.142. The minimum Gasteiger partial charge on any atom is -0.464 e. The number of carbonyl (C=O) groups excluding carboxylic acids is 2. The molecule has 0 aromatic heterocycles. The molecule has 0 N–H and O–H groups in total. The zero-order valence-electron chi connectivity index (χ0n) is 11.7. The van der Waals surface area contributed by atoms with E-state index in [1.54, 1.807) is 17.0 Å². The lowest BCUT2D eigenvalue weighted by atomic mass is 10.2. The van der Waals surface area contributed by atoms with Crippen molar-refractivity contribution in [2.75, 3.05) is 32.8 Å². The summed E-state index contributed by atoms with van der Waals surface area (Å²) in [5.41, 5.74) is 0. The van der Waals surface area contributed by atoms with Gasteiger partial charge in [0.2, 0.25) is 0 Å². The van der Waals surface area contributed by atoms with Crippen LogP contribution in [0.2, 0.25) is 0 Å². The van der Waals surface area contributed by atoms with E-state index in [9.17, 15) is 9.59 Å². The van der Waals surface area contributed by atoms with Crippen molar-refractivity contribution in [3.63, 3.8) is 0 Å². The molecule has 2 heterocycles. The molecule has 2 fully saturated rings. The Morgan fingerprint density at radius 3 is 2.48 bits per heavy atom. The van der Waals surface area contributed by atoms with Crippen LogP contribution in [0.4, 0.5) is 4.79 Å². The number of ether oxygens (including phenoxy) is 2. The van der Waals surface area contributed by atoms with Gasteiger partial charge in [0.15, 0.2) is 0 Å². The second kappa shape index (κ2) is 6.13. The smallest absolute Gasteiger partial charge is 0.415 e. The summed E-state index contributed by atoms with van der Waals surface area (Å²) in [5.74, 6) is 0.402. The lowest BCUT2D eigenvalue weighted by Crippen LogP contribution is -2.53. The zero-order valence-corrected chi connectivity index (χ0v) is 11.7. The number of cyclic esters (lactones) is 1. The number of rotatable bonds is 2. The number of hydrogen-bond donors (Lipinski definition) is 0. The summed E-state index contributed by atoms with van der Waals surface area (Å²) in [6, 6.07) is 8.89. The average Bonchev–Trinajstić information content (AvgIpc) is 2.94. The van der Waals surface area contributed by atoms with E-state index in [2.05, 4.69) is 4.90 Å². The first-order valence-corrected chi connectivity index (χ1v) is 7.16. The summed E-state index contributed by atoms with van der Waals surface area (Å²) in [6.07, 6.45) is 0.405. The van der Waals surface area contributed by atoms with Gasteiger partial charge < -0.3 is 14.4 Å². The molecule has 1 aromatic carbocycles. The lowest BCUT2D eigenvalue weighted by Gasteiger charge is -2.35. The minimum absolute atomic E-state index is 0.141. The molecule has 21 heavy (non-hydrogen) atoms. The Morgan fingerprint density at radius 1 is 1.14 bits per heavy atom. The fourth-order valence-corrected chi connectivity index (χ4v) is 2.69. The van der Waals surface area contributed by atoms with Crippen molar-refractivity contribution >= 4 is 12.1 Å². The highest BCUT2D eigenvalue weighted by atomic mass is 16.6. The summed E-state index contributed by atoms with van der Waals surface area (Å²) in [4.78, 5) is 27.4. The van der Waals surface area contributed by atoms with Crippen molar-refractivity contribution in [2.45, 2.75) is 12.5 Å². The molecule has 0 bridgehead atoms. The van der Waals surface area contributed by atoms with Gasteiger partial charge in [-0.25, -0.2) is 4.79 Å². The van der Waals surface area contributed by atoms with Gasteiger partial charge >= 0.3 is 12.1 Å². The molecule has 2 aliphatic heterocycles. The van der Waals surface area contributed by atoms with Gasteiger partial charge in [0, 0.05) is 32.6 Å². The number of nitrogens with zero attached hydrogens (tertiary/aromatic N) is 2. The molecule has 0 saturated carbocycles. The second-order valence-electron chi connectivity index (χ2n) is 5.18. The van der Waals surface area contributed by atoms with E-state index in [1.165, 1.54) is 0 Å². The summed E-state index contributed by atoms with van der Waals surface area (Å²) in [7, 11) is 0. The van der Waals surface area contributed by atoms with Crippen molar-refractivity contribution in [2.24, 2.45) is 0 Å². The maximum atomic E-state index is 12.1. The molecule has 0 spiro atoms. The van der Waals surface area contributed by atoms with Gasteiger partial charge in [-0.1, -0.05) is 18.2 Å². The zero-order chi connectivity index (χ0) is 14.7. The Labute approximate surface area is 123 Å². The van der Waals surface area contributed by atoms with Crippen molar-refractivity contribution in [1.29, 1.82) is 0 Å². The maximum absolute atomic E-state index is 12.1. The van der Waals surface area contributed by atoms with Gasteiger partial charge in [-0.15, -0.1) is 0 Å². The largest absolute Gasteiger partial charge is 0.464 e. The normalized spacial score (nSPS) is 23.0. The van der Waals surface area contributed by atoms with Crippen LogP contribution in [-0.4, -0.2) is 60.7 Å². The number of para-hydroxylation sites is 1. The Kier molecular flexibility index (Phi) is 4.06. The molecule has 0 unspecified atom stereocenters. The Hall–Kier alpha value is -2.08. The molecular formula is C15H18N2O4. The van der Waals surface area contributed by atoms with E-state index in [-0.39, 0.29) is 18.1 Å². The minimum atomic E-state index is -0.338. The van der Waals surface area contributed by atoms with Crippen LogP contribution in [0.15, 0.2) is 30.3 Å². The van der Waals surface area contributed by atoms with E-state index in [1.807, 2.05) is 18.2 Å². The van der Waals surface area contributed by atoms with Gasteiger partial charge in [0.1, 0.15) is 11.8 Å². The molecular weight excluding hydrogens is 272 g/mol. The van der Waals surface area contributed by atoms with E-state index < -0.39 is 0 Å². The Balaban J connectivity index is 1.51. The summed E-state index contributed by atoms with van der Waals surface area (Å²) in [5, 5.41) is 0. The van der Waals surface area contributed by atoms with Gasteiger partial charge in [0.25, 0.3) is 0 Å². The third-order valence-corrected chi connectivity index (χ3v) is 3.87. The van der Waals surface area contributed by atoms with Crippen LogP contribution in [0.25, 0.3) is 0 Å². The number of amides is 1. The van der Waals surface area contributed by atoms with Crippen LogP contribution >= 0.6 is 0 Å². The van der Waals surface area contributed by atoms with Gasteiger partial charge in [0.05, 0.1) is 6.61 Å². The van der Waals surface area contributed by atoms with Crippen LogP contribution in [0.3, 0.4) is 0 Å². The number of hydrogen-bond acceptors (Lipinski definition) is 5. The monoisotopic (exact) mass is 290 g/mol. The van der Waals surface area contributed by atoms with Gasteiger partial charge in [-0.3, -0.25) is 9.69 Å². The topological polar surface area (TPSA) is 59.1 Å². The molecule has 2 aliphatic rings. The molecule has 1 atom stereocenters. The first-order chi connectivity index (χ1) is 10.2. The molecule has 112 valence electrons. The third kappa shape index (κ3) is 3.16. The van der Waals surface area contributed by atoms with Crippen LogP contribution in [0, 0.1) is 0 Å². The first kappa shape index (κ1) is 13.9. The van der Waals surface area contributed by atoms with Crippen molar-refractivity contribution < 1.29 is 19.1 Å². The predicted octanol–water partition coefficient (Wildman–Crippen LogP) is 1.12. The Morgan fingerprint density at radius 2 is 1.86 bits per heavy atom. The fourth-order valence-electron chi connectivity index (χ4n) is 2.69. The molecule has 3 rings (SSSR count). The molecule has 6 nitrogen and oxygen atoms in total. The number of piperazine rings is 1. The number of carbonyl (C=O) groups is 2. The van der Waals surface area contributed by atoms with E-state index in [4.69, 9.17) is 9.47 Å². The Bertz CT molecular complexity index is 512. The van der Waals surface area contributed by atoms with Gasteiger partial charge in [-0.2, -0.15) is 0 Å². The quantitative estimate of drug-likeness (QED) is 0.764. The highest BCUT2D eigenvalue weighted by Gasteiger charge is 2.35. The standard InChI is InChI=1S/C15H18N2O4/c18-14-13(6-11-20-14)16-7-9-17(10-8-16)15(19)21-12-4-2-1-3-5-12/h1-5,13H,6-11H2/t13-/m1/s1. The SMILES string of the molecule is O=C1OCC[C@H]1N1CCN(C(=O)Oc2ccccc2)CC1. The molecule has 2 saturated heterocycles. The van der Waals surface area contributed by atoms with Crippen LogP contribution in [0.5, 0.6) is 5.75 Å².